The van der Waals surface area contributed by atoms with Gasteiger partial charge in [0.05, 0.1) is 6.61 Å². The van der Waals surface area contributed by atoms with Crippen molar-refractivity contribution in [3.8, 4) is 0 Å². The summed E-state index contributed by atoms with van der Waals surface area (Å²) in [6.45, 7) is 0.135. The zero-order valence-corrected chi connectivity index (χ0v) is 18.1. The van der Waals surface area contributed by atoms with Gasteiger partial charge in [-0.3, -0.25) is 9.59 Å². The lowest BCUT2D eigenvalue weighted by Gasteiger charge is -2.31. The fourth-order valence-corrected chi connectivity index (χ4v) is 4.14. The minimum atomic E-state index is -0.640. The molecule has 32 heavy (non-hydrogen) atoms. The number of aliphatic hydroxyl groups is 1. The molecule has 0 spiro atoms. The summed E-state index contributed by atoms with van der Waals surface area (Å²) < 4.78 is 0. The van der Waals surface area contributed by atoms with Crippen molar-refractivity contribution < 1.29 is 14.7 Å². The molecule has 0 atom stereocenters. The van der Waals surface area contributed by atoms with E-state index in [-0.39, 0.29) is 24.7 Å². The first-order chi connectivity index (χ1) is 15.6. The molecule has 0 bridgehead atoms. The third-order valence-corrected chi connectivity index (χ3v) is 5.75. The molecule has 0 aromatic heterocycles. The maximum absolute atomic E-state index is 13.6. The van der Waals surface area contributed by atoms with E-state index >= 15 is 0 Å². The topological polar surface area (TPSA) is 57.6 Å². The van der Waals surface area contributed by atoms with Crippen molar-refractivity contribution in [1.82, 2.24) is 4.90 Å². The average Bonchev–Trinajstić information content (AvgIpc) is 2.84. The highest BCUT2D eigenvalue weighted by Crippen LogP contribution is 2.41. The minimum Gasteiger partial charge on any atom is -0.395 e. The molecule has 0 radical (unpaired) electrons. The number of Topliss-reactive ketones (excluding diaryl/α,β-unsaturated/α-hetero) is 2. The summed E-state index contributed by atoms with van der Waals surface area (Å²) >= 11 is 6.56. The van der Waals surface area contributed by atoms with Crippen LogP contribution in [0.25, 0.3) is 0 Å². The molecule has 3 aromatic rings. The predicted octanol–water partition coefficient (Wildman–Crippen LogP) is 5.27. The summed E-state index contributed by atoms with van der Waals surface area (Å²) in [5.41, 5.74) is 2.59. The second kappa shape index (κ2) is 9.77. The van der Waals surface area contributed by atoms with Crippen molar-refractivity contribution in [2.24, 2.45) is 0 Å². The molecule has 0 amide bonds. The van der Waals surface area contributed by atoms with E-state index in [0.29, 0.717) is 32.9 Å². The first-order valence-electron chi connectivity index (χ1n) is 10.3. The Morgan fingerprint density at radius 2 is 1.22 bits per heavy atom. The van der Waals surface area contributed by atoms with Gasteiger partial charge in [0.1, 0.15) is 0 Å². The molecular formula is C27H22ClNO3. The number of halogens is 1. The molecule has 0 aliphatic carbocycles. The Morgan fingerprint density at radius 1 is 0.750 bits per heavy atom. The van der Waals surface area contributed by atoms with Gasteiger partial charge in [-0.15, -0.1) is 0 Å². The van der Waals surface area contributed by atoms with Crippen molar-refractivity contribution in [3.05, 3.63) is 130 Å². The average molecular weight is 444 g/mol. The second-order valence-electron chi connectivity index (χ2n) is 7.48. The van der Waals surface area contributed by atoms with Crippen LogP contribution >= 0.6 is 11.6 Å². The van der Waals surface area contributed by atoms with Gasteiger partial charge in [0.25, 0.3) is 0 Å². The number of hydrogen-bond donors (Lipinski definition) is 1. The number of carbonyl (C=O) groups excluding carboxylic acids is 2. The summed E-state index contributed by atoms with van der Waals surface area (Å²) in [6, 6.07) is 25.2. The van der Waals surface area contributed by atoms with Crippen LogP contribution in [0.15, 0.2) is 108 Å². The van der Waals surface area contributed by atoms with Gasteiger partial charge < -0.3 is 10.0 Å². The maximum Gasteiger partial charge on any atom is 0.191 e. The molecule has 1 aliphatic heterocycles. The quantitative estimate of drug-likeness (QED) is 0.506. The van der Waals surface area contributed by atoms with Crippen molar-refractivity contribution in [2.45, 2.75) is 5.92 Å². The number of aliphatic hydroxyl groups excluding tert-OH is 1. The highest BCUT2D eigenvalue weighted by molar-refractivity contribution is 6.31. The van der Waals surface area contributed by atoms with Gasteiger partial charge in [-0.05, 0) is 11.6 Å². The van der Waals surface area contributed by atoms with Crippen LogP contribution in [0.1, 0.15) is 32.2 Å². The monoisotopic (exact) mass is 443 g/mol. The zero-order valence-electron chi connectivity index (χ0n) is 17.3. The molecule has 0 saturated heterocycles. The van der Waals surface area contributed by atoms with E-state index < -0.39 is 5.92 Å². The third kappa shape index (κ3) is 4.42. The van der Waals surface area contributed by atoms with Crippen LogP contribution in [-0.4, -0.2) is 34.7 Å². The Balaban J connectivity index is 1.89. The number of rotatable bonds is 7. The molecule has 4 nitrogen and oxygen atoms in total. The summed E-state index contributed by atoms with van der Waals surface area (Å²) in [4.78, 5) is 28.9. The van der Waals surface area contributed by atoms with Crippen LogP contribution in [0.4, 0.5) is 0 Å². The Hall–Kier alpha value is -3.47. The number of hydrogen-bond acceptors (Lipinski definition) is 4. The van der Waals surface area contributed by atoms with E-state index in [9.17, 15) is 14.7 Å². The van der Waals surface area contributed by atoms with Crippen LogP contribution in [0.3, 0.4) is 0 Å². The van der Waals surface area contributed by atoms with Gasteiger partial charge in [-0.25, -0.2) is 0 Å². The molecule has 1 heterocycles. The number of allylic oxidation sites excluding steroid dienone is 2. The van der Waals surface area contributed by atoms with Gasteiger partial charge >= 0.3 is 0 Å². The highest BCUT2D eigenvalue weighted by Gasteiger charge is 2.35. The third-order valence-electron chi connectivity index (χ3n) is 5.40. The predicted molar refractivity (Wildman–Crippen MR) is 126 cm³/mol. The first-order valence-corrected chi connectivity index (χ1v) is 10.7. The van der Waals surface area contributed by atoms with Crippen LogP contribution in [0, 0.1) is 0 Å². The van der Waals surface area contributed by atoms with Crippen molar-refractivity contribution in [3.63, 3.8) is 0 Å². The Bertz CT molecular complexity index is 1120. The largest absolute Gasteiger partial charge is 0.395 e. The van der Waals surface area contributed by atoms with Crippen LogP contribution < -0.4 is 0 Å². The molecule has 160 valence electrons. The van der Waals surface area contributed by atoms with Crippen molar-refractivity contribution in [1.29, 1.82) is 0 Å². The molecule has 3 aromatic carbocycles. The summed E-state index contributed by atoms with van der Waals surface area (Å²) in [5.74, 6) is -1.02. The number of ketones is 2. The van der Waals surface area contributed by atoms with E-state index in [1.54, 1.807) is 71.9 Å². The SMILES string of the molecule is O=C(C1=CN(CCO)C=C(C(=O)c2ccccc2)C1c1ccccc1Cl)c1ccccc1. The van der Waals surface area contributed by atoms with Crippen molar-refractivity contribution in [2.75, 3.05) is 13.2 Å². The number of β-amino-alcohol motifs (C(OH)–C–C–N with tert-alkyl or cyclic N) is 1. The standard InChI is InChI=1S/C27H22ClNO3/c28-24-14-8-7-13-21(24)25-22(26(31)19-9-3-1-4-10-19)17-29(15-16-30)18-23(25)27(32)20-11-5-2-6-12-20/h1-14,17-18,25,30H,15-16H2. The number of nitrogens with zero attached hydrogens (tertiary/aromatic N) is 1. The maximum atomic E-state index is 13.6. The van der Waals surface area contributed by atoms with E-state index in [1.165, 1.54) is 0 Å². The Morgan fingerprint density at radius 3 is 1.69 bits per heavy atom. The van der Waals surface area contributed by atoms with Crippen LogP contribution in [0.5, 0.6) is 0 Å². The van der Waals surface area contributed by atoms with Crippen LogP contribution in [0.2, 0.25) is 5.02 Å². The molecular weight excluding hydrogens is 422 g/mol. The normalized spacial score (nSPS) is 14.0. The Labute approximate surface area is 192 Å². The van der Waals surface area contributed by atoms with Gasteiger partial charge in [-0.2, -0.15) is 0 Å². The van der Waals surface area contributed by atoms with E-state index in [2.05, 4.69) is 0 Å². The minimum absolute atomic E-state index is 0.122. The number of benzene rings is 3. The van der Waals surface area contributed by atoms with Gasteiger partial charge in [-0.1, -0.05) is 90.5 Å². The molecule has 0 unspecified atom stereocenters. The van der Waals surface area contributed by atoms with Crippen molar-refractivity contribution >= 4 is 23.2 Å². The molecule has 4 rings (SSSR count). The molecule has 1 aliphatic rings. The smallest absolute Gasteiger partial charge is 0.191 e. The number of carbonyl (C=O) groups is 2. The first kappa shape index (κ1) is 21.8. The van der Waals surface area contributed by atoms with Crippen LogP contribution in [-0.2, 0) is 0 Å². The summed E-state index contributed by atoms with van der Waals surface area (Å²) in [5, 5.41) is 10.0. The molecule has 0 saturated carbocycles. The molecule has 0 fully saturated rings. The zero-order chi connectivity index (χ0) is 22.5. The Kier molecular flexibility index (Phi) is 6.64. The van der Waals surface area contributed by atoms with Gasteiger partial charge in [0.15, 0.2) is 11.6 Å². The summed E-state index contributed by atoms with van der Waals surface area (Å²) in [6.07, 6.45) is 3.42. The fourth-order valence-electron chi connectivity index (χ4n) is 3.89. The van der Waals surface area contributed by atoms with Gasteiger partial charge in [0.2, 0.25) is 0 Å². The highest BCUT2D eigenvalue weighted by atomic mass is 35.5. The lowest BCUT2D eigenvalue weighted by Crippen LogP contribution is -2.29. The van der Waals surface area contributed by atoms with Gasteiger partial charge in [0, 0.05) is 52.2 Å². The van der Waals surface area contributed by atoms with E-state index in [0.717, 1.165) is 0 Å². The fraction of sp³-hybridized carbons (Fsp3) is 0.111. The summed E-state index contributed by atoms with van der Waals surface area (Å²) in [7, 11) is 0. The molecule has 1 N–H and O–H groups in total. The lowest BCUT2D eigenvalue weighted by molar-refractivity contribution is 0.101. The second-order valence-corrected chi connectivity index (χ2v) is 7.88. The lowest BCUT2D eigenvalue weighted by atomic mass is 9.78. The molecule has 5 heteroatoms. The van der Waals surface area contributed by atoms with E-state index in [4.69, 9.17) is 11.6 Å². The van der Waals surface area contributed by atoms with E-state index in [1.807, 2.05) is 30.3 Å².